The van der Waals surface area contributed by atoms with Crippen LogP contribution in [0.2, 0.25) is 0 Å². The van der Waals surface area contributed by atoms with Gasteiger partial charge in [-0.2, -0.15) is 5.26 Å². The number of nitrogens with one attached hydrogen (secondary N) is 1. The number of nitrogens with zero attached hydrogens (tertiary/aromatic N) is 1. The Morgan fingerprint density at radius 1 is 1.59 bits per heavy atom. The molecule has 0 spiro atoms. The quantitative estimate of drug-likeness (QED) is 0.931. The lowest BCUT2D eigenvalue weighted by molar-refractivity contribution is 0.0942. The maximum Gasteiger partial charge on any atom is 0.252 e. The van der Waals surface area contributed by atoms with Gasteiger partial charge in [0.1, 0.15) is 6.04 Å². The normalized spacial score (nSPS) is 16.1. The Hall–Kier alpha value is -1.34. The summed E-state index contributed by atoms with van der Waals surface area (Å²) in [6.07, 6.45) is 2.08. The maximum absolute atomic E-state index is 11.9. The number of halogens is 1. The number of carbonyl (C=O) groups excluding carboxylic acids is 1. The lowest BCUT2D eigenvalue weighted by Gasteiger charge is -2.10. The van der Waals surface area contributed by atoms with Crippen LogP contribution >= 0.6 is 15.9 Å². The zero-order chi connectivity index (χ0) is 12.4. The molecule has 0 bridgehead atoms. The summed E-state index contributed by atoms with van der Waals surface area (Å²) < 4.78 is 0.907. The van der Waals surface area contributed by atoms with Gasteiger partial charge in [0.2, 0.25) is 0 Å². The van der Waals surface area contributed by atoms with Crippen LogP contribution in [0.4, 0.5) is 0 Å². The van der Waals surface area contributed by atoms with E-state index in [0.717, 1.165) is 22.9 Å². The van der Waals surface area contributed by atoms with Crippen LogP contribution in [0.1, 0.15) is 28.8 Å². The average Bonchev–Trinajstić information content (AvgIpc) is 3.13. The molecule has 1 unspecified atom stereocenters. The highest BCUT2D eigenvalue weighted by Crippen LogP contribution is 2.32. The molecular weight excluding hydrogens is 280 g/mol. The van der Waals surface area contributed by atoms with Gasteiger partial charge in [-0.25, -0.2) is 0 Å². The maximum atomic E-state index is 11.9. The molecule has 3 nitrogen and oxygen atoms in total. The van der Waals surface area contributed by atoms with E-state index in [9.17, 15) is 4.79 Å². The largest absolute Gasteiger partial charge is 0.336 e. The molecule has 0 aliphatic heterocycles. The Labute approximate surface area is 109 Å². The second-order valence-corrected chi connectivity index (χ2v) is 5.24. The monoisotopic (exact) mass is 292 g/mol. The molecule has 1 aromatic carbocycles. The molecule has 1 amide bonds. The van der Waals surface area contributed by atoms with E-state index in [1.165, 1.54) is 0 Å². The summed E-state index contributed by atoms with van der Waals surface area (Å²) in [6, 6.07) is 7.25. The molecule has 0 saturated heterocycles. The van der Waals surface area contributed by atoms with E-state index in [1.54, 1.807) is 12.1 Å². The van der Waals surface area contributed by atoms with Crippen LogP contribution in [-0.2, 0) is 0 Å². The van der Waals surface area contributed by atoms with Crippen molar-refractivity contribution in [1.82, 2.24) is 5.32 Å². The van der Waals surface area contributed by atoms with Crippen LogP contribution in [0.3, 0.4) is 0 Å². The van der Waals surface area contributed by atoms with E-state index in [-0.39, 0.29) is 11.9 Å². The first kappa shape index (κ1) is 12.1. The van der Waals surface area contributed by atoms with E-state index in [2.05, 4.69) is 27.3 Å². The predicted molar refractivity (Wildman–Crippen MR) is 68.5 cm³/mol. The molecule has 4 heteroatoms. The standard InChI is InChI=1S/C13H13BrN2O/c1-8-2-3-10(6-11(8)14)13(17)16-12(7-15)9-4-5-9/h2-3,6,9,12H,4-5H2,1H3,(H,16,17). The molecule has 1 saturated carbocycles. The molecule has 0 aromatic heterocycles. The lowest BCUT2D eigenvalue weighted by Crippen LogP contribution is -2.35. The van der Waals surface area contributed by atoms with E-state index in [4.69, 9.17) is 5.26 Å². The molecule has 17 heavy (non-hydrogen) atoms. The third kappa shape index (κ3) is 2.86. The highest BCUT2D eigenvalue weighted by Gasteiger charge is 2.32. The first-order valence-electron chi connectivity index (χ1n) is 5.58. The summed E-state index contributed by atoms with van der Waals surface area (Å²) in [6.45, 7) is 1.97. The molecule has 1 atom stereocenters. The average molecular weight is 293 g/mol. The molecule has 2 rings (SSSR count). The Morgan fingerprint density at radius 2 is 2.29 bits per heavy atom. The predicted octanol–water partition coefficient (Wildman–Crippen LogP) is 2.79. The number of hydrogen-bond donors (Lipinski definition) is 1. The fourth-order valence-corrected chi connectivity index (χ4v) is 2.02. The minimum atomic E-state index is -0.345. The van der Waals surface area contributed by atoms with Gasteiger partial charge in [0.15, 0.2) is 0 Å². The Kier molecular flexibility index (Phi) is 3.49. The van der Waals surface area contributed by atoms with Gasteiger partial charge in [0.05, 0.1) is 6.07 Å². The van der Waals surface area contributed by atoms with Crippen LogP contribution in [-0.4, -0.2) is 11.9 Å². The summed E-state index contributed by atoms with van der Waals surface area (Å²) in [5.41, 5.74) is 1.67. The molecule has 0 heterocycles. The third-order valence-electron chi connectivity index (χ3n) is 2.95. The van der Waals surface area contributed by atoms with Crippen molar-refractivity contribution in [1.29, 1.82) is 5.26 Å². The molecular formula is C13H13BrN2O. The second-order valence-electron chi connectivity index (χ2n) is 4.38. The summed E-state index contributed by atoms with van der Waals surface area (Å²) in [4.78, 5) is 11.9. The fraction of sp³-hybridized carbons (Fsp3) is 0.385. The van der Waals surface area contributed by atoms with Gasteiger partial charge < -0.3 is 5.32 Å². The molecule has 0 radical (unpaired) electrons. The molecule has 1 fully saturated rings. The zero-order valence-electron chi connectivity index (χ0n) is 9.53. The Bertz CT molecular complexity index is 489. The number of rotatable bonds is 3. The molecule has 1 aliphatic rings. The van der Waals surface area contributed by atoms with Crippen molar-refractivity contribution in [2.24, 2.45) is 5.92 Å². The van der Waals surface area contributed by atoms with Crippen molar-refractivity contribution in [3.8, 4) is 6.07 Å². The summed E-state index contributed by atoms with van der Waals surface area (Å²) in [7, 11) is 0. The second kappa shape index (κ2) is 4.89. The minimum absolute atomic E-state index is 0.177. The SMILES string of the molecule is Cc1ccc(C(=O)NC(C#N)C2CC2)cc1Br. The van der Waals surface area contributed by atoms with Gasteiger partial charge in [-0.3, -0.25) is 4.79 Å². The fourth-order valence-electron chi connectivity index (χ4n) is 1.64. The molecule has 1 N–H and O–H groups in total. The van der Waals surface area contributed by atoms with Gasteiger partial charge in [-0.15, -0.1) is 0 Å². The van der Waals surface area contributed by atoms with Gasteiger partial charge in [0, 0.05) is 10.0 Å². The van der Waals surface area contributed by atoms with E-state index >= 15 is 0 Å². The minimum Gasteiger partial charge on any atom is -0.336 e. The van der Waals surface area contributed by atoms with Gasteiger partial charge in [0.25, 0.3) is 5.91 Å². The van der Waals surface area contributed by atoms with Crippen LogP contribution in [0.5, 0.6) is 0 Å². The van der Waals surface area contributed by atoms with Crippen molar-refractivity contribution in [3.63, 3.8) is 0 Å². The van der Waals surface area contributed by atoms with Gasteiger partial charge in [-0.05, 0) is 43.4 Å². The highest BCUT2D eigenvalue weighted by atomic mass is 79.9. The van der Waals surface area contributed by atoms with Crippen molar-refractivity contribution in [2.45, 2.75) is 25.8 Å². The van der Waals surface area contributed by atoms with Gasteiger partial charge >= 0.3 is 0 Å². The lowest BCUT2D eigenvalue weighted by atomic mass is 10.1. The molecule has 1 aromatic rings. The van der Waals surface area contributed by atoms with E-state index in [0.29, 0.717) is 11.5 Å². The number of nitriles is 1. The van der Waals surface area contributed by atoms with Crippen LogP contribution < -0.4 is 5.32 Å². The Morgan fingerprint density at radius 3 is 2.82 bits per heavy atom. The van der Waals surface area contributed by atoms with Crippen LogP contribution in [0.25, 0.3) is 0 Å². The van der Waals surface area contributed by atoms with Crippen LogP contribution in [0.15, 0.2) is 22.7 Å². The van der Waals surface area contributed by atoms with E-state index < -0.39 is 0 Å². The van der Waals surface area contributed by atoms with Crippen molar-refractivity contribution >= 4 is 21.8 Å². The molecule has 1 aliphatic carbocycles. The zero-order valence-corrected chi connectivity index (χ0v) is 11.1. The first-order valence-corrected chi connectivity index (χ1v) is 6.37. The number of aryl methyl sites for hydroxylation is 1. The third-order valence-corrected chi connectivity index (χ3v) is 3.81. The summed E-state index contributed by atoms with van der Waals surface area (Å²) >= 11 is 3.39. The molecule has 88 valence electrons. The first-order chi connectivity index (χ1) is 8.11. The highest BCUT2D eigenvalue weighted by molar-refractivity contribution is 9.10. The summed E-state index contributed by atoms with van der Waals surface area (Å²) in [5, 5.41) is 11.7. The van der Waals surface area contributed by atoms with Crippen LogP contribution in [0, 0.1) is 24.2 Å². The number of hydrogen-bond acceptors (Lipinski definition) is 2. The smallest absolute Gasteiger partial charge is 0.252 e. The number of carbonyl (C=O) groups is 1. The topological polar surface area (TPSA) is 52.9 Å². The van der Waals surface area contributed by atoms with Crippen molar-refractivity contribution in [2.75, 3.05) is 0 Å². The van der Waals surface area contributed by atoms with Crippen molar-refractivity contribution in [3.05, 3.63) is 33.8 Å². The Balaban J connectivity index is 2.08. The number of benzene rings is 1. The van der Waals surface area contributed by atoms with Crippen molar-refractivity contribution < 1.29 is 4.79 Å². The van der Waals surface area contributed by atoms with Gasteiger partial charge in [-0.1, -0.05) is 22.0 Å². The number of amides is 1. The van der Waals surface area contributed by atoms with E-state index in [1.807, 2.05) is 13.0 Å². The summed E-state index contributed by atoms with van der Waals surface area (Å²) in [5.74, 6) is 0.169.